The third-order valence-corrected chi connectivity index (χ3v) is 3.73. The second kappa shape index (κ2) is 5.72. The Bertz CT molecular complexity index is 869. The number of rotatable bonds is 3. The second-order valence-corrected chi connectivity index (χ2v) is 5.60. The van der Waals surface area contributed by atoms with Gasteiger partial charge in [0.1, 0.15) is 17.8 Å². The molecule has 6 nitrogen and oxygen atoms in total. The van der Waals surface area contributed by atoms with Gasteiger partial charge in [0, 0.05) is 5.69 Å². The van der Waals surface area contributed by atoms with Crippen LogP contribution in [0.25, 0.3) is 5.82 Å². The normalized spacial score (nSPS) is 10.8. The van der Waals surface area contributed by atoms with Gasteiger partial charge in [0.05, 0.1) is 5.69 Å². The summed E-state index contributed by atoms with van der Waals surface area (Å²) in [5, 5.41) is 4.41. The quantitative estimate of drug-likeness (QED) is 0.803. The summed E-state index contributed by atoms with van der Waals surface area (Å²) in [6.07, 6.45) is 1.43. The molecule has 0 aliphatic rings. The summed E-state index contributed by atoms with van der Waals surface area (Å²) in [7, 11) is 0. The Hall–Kier alpha value is -2.89. The molecule has 0 spiro atoms. The Morgan fingerprint density at radius 3 is 2.43 bits per heavy atom. The first-order chi connectivity index (χ1) is 11.0. The number of nitrogens with two attached hydrogens (primary N) is 1. The summed E-state index contributed by atoms with van der Waals surface area (Å²) >= 11 is 0. The molecule has 0 unspecified atom stereocenters. The second-order valence-electron chi connectivity index (χ2n) is 5.60. The molecule has 6 heteroatoms. The molecule has 2 aromatic heterocycles. The van der Waals surface area contributed by atoms with Crippen LogP contribution in [0, 0.1) is 27.7 Å². The van der Waals surface area contributed by atoms with E-state index in [1.54, 1.807) is 4.68 Å². The van der Waals surface area contributed by atoms with Crippen LogP contribution in [0.3, 0.4) is 0 Å². The molecule has 118 valence electrons. The van der Waals surface area contributed by atoms with Crippen LogP contribution in [0.4, 0.5) is 5.69 Å². The predicted molar refractivity (Wildman–Crippen MR) is 89.0 cm³/mol. The molecule has 2 N–H and O–H groups in total. The SMILES string of the molecule is Cc1cc(C)n(-c2ncnc(Oc3ccc(C)c(C)c3)c2N)n1. The third kappa shape index (κ3) is 2.88. The number of nitrogen functional groups attached to an aromatic ring is 1. The van der Waals surface area contributed by atoms with Crippen molar-refractivity contribution in [1.29, 1.82) is 0 Å². The van der Waals surface area contributed by atoms with Gasteiger partial charge in [0.25, 0.3) is 0 Å². The molecule has 0 amide bonds. The molecule has 2 heterocycles. The summed E-state index contributed by atoms with van der Waals surface area (Å²) in [5.41, 5.74) is 10.8. The first kappa shape index (κ1) is 15.0. The maximum absolute atomic E-state index is 6.20. The molecule has 0 saturated heterocycles. The highest BCUT2D eigenvalue weighted by atomic mass is 16.5. The maximum atomic E-state index is 6.20. The van der Waals surface area contributed by atoms with E-state index in [9.17, 15) is 0 Å². The van der Waals surface area contributed by atoms with Crippen LogP contribution in [-0.4, -0.2) is 19.7 Å². The highest BCUT2D eigenvalue weighted by Crippen LogP contribution is 2.29. The topological polar surface area (TPSA) is 78.8 Å². The molecule has 0 aliphatic carbocycles. The minimum atomic E-state index is 0.325. The number of aromatic nitrogens is 4. The number of anilines is 1. The molecule has 0 radical (unpaired) electrons. The van der Waals surface area contributed by atoms with Gasteiger partial charge in [-0.05, 0) is 57.0 Å². The third-order valence-electron chi connectivity index (χ3n) is 3.73. The van der Waals surface area contributed by atoms with Gasteiger partial charge < -0.3 is 10.5 Å². The lowest BCUT2D eigenvalue weighted by atomic mass is 10.1. The van der Waals surface area contributed by atoms with E-state index in [1.807, 2.05) is 45.0 Å². The molecule has 0 saturated carbocycles. The number of nitrogens with zero attached hydrogens (tertiary/aromatic N) is 4. The molecule has 1 aromatic carbocycles. The number of hydrogen-bond acceptors (Lipinski definition) is 5. The monoisotopic (exact) mass is 309 g/mol. The Balaban J connectivity index is 1.99. The fraction of sp³-hybridized carbons (Fsp3) is 0.235. The van der Waals surface area contributed by atoms with Gasteiger partial charge >= 0.3 is 0 Å². The molecule has 0 atom stereocenters. The van der Waals surface area contributed by atoms with Crippen molar-refractivity contribution in [3.05, 3.63) is 53.1 Å². The largest absolute Gasteiger partial charge is 0.437 e. The number of hydrogen-bond donors (Lipinski definition) is 1. The van der Waals surface area contributed by atoms with E-state index < -0.39 is 0 Å². The van der Waals surface area contributed by atoms with Gasteiger partial charge in [-0.2, -0.15) is 10.1 Å². The van der Waals surface area contributed by atoms with Gasteiger partial charge in [0.2, 0.25) is 5.88 Å². The smallest absolute Gasteiger partial charge is 0.248 e. The molecule has 0 fully saturated rings. The predicted octanol–water partition coefficient (Wildman–Crippen LogP) is 3.27. The number of aryl methyl sites for hydroxylation is 4. The summed E-state index contributed by atoms with van der Waals surface area (Å²) in [5.74, 6) is 1.54. The molecular weight excluding hydrogens is 290 g/mol. The highest BCUT2D eigenvalue weighted by molar-refractivity contribution is 5.60. The van der Waals surface area contributed by atoms with Crippen LogP contribution in [0.2, 0.25) is 0 Å². The van der Waals surface area contributed by atoms with Crippen LogP contribution in [0.5, 0.6) is 11.6 Å². The first-order valence-electron chi connectivity index (χ1n) is 7.35. The summed E-state index contributed by atoms with van der Waals surface area (Å²) in [6.45, 7) is 7.96. The van der Waals surface area contributed by atoms with E-state index in [-0.39, 0.29) is 0 Å². The average Bonchev–Trinajstić information content (AvgIpc) is 2.84. The van der Waals surface area contributed by atoms with E-state index in [0.717, 1.165) is 17.0 Å². The van der Waals surface area contributed by atoms with Crippen molar-refractivity contribution in [2.75, 3.05) is 5.73 Å². The van der Waals surface area contributed by atoms with Crippen molar-refractivity contribution in [3.63, 3.8) is 0 Å². The summed E-state index contributed by atoms with van der Waals surface area (Å²) in [6, 6.07) is 7.82. The lowest BCUT2D eigenvalue weighted by Gasteiger charge is -2.12. The zero-order chi connectivity index (χ0) is 16.6. The fourth-order valence-electron chi connectivity index (χ4n) is 2.35. The highest BCUT2D eigenvalue weighted by Gasteiger charge is 2.14. The van der Waals surface area contributed by atoms with Crippen molar-refractivity contribution in [2.45, 2.75) is 27.7 Å². The average molecular weight is 309 g/mol. The van der Waals surface area contributed by atoms with Crippen molar-refractivity contribution in [1.82, 2.24) is 19.7 Å². The van der Waals surface area contributed by atoms with E-state index in [1.165, 1.54) is 11.9 Å². The van der Waals surface area contributed by atoms with E-state index >= 15 is 0 Å². The van der Waals surface area contributed by atoms with E-state index in [2.05, 4.69) is 22.0 Å². The Labute approximate surface area is 135 Å². The van der Waals surface area contributed by atoms with Gasteiger partial charge in [-0.3, -0.25) is 0 Å². The lowest BCUT2D eigenvalue weighted by Crippen LogP contribution is -2.08. The zero-order valence-electron chi connectivity index (χ0n) is 13.7. The Kier molecular flexibility index (Phi) is 3.73. The number of benzene rings is 1. The van der Waals surface area contributed by atoms with E-state index in [0.29, 0.717) is 23.1 Å². The maximum Gasteiger partial charge on any atom is 0.248 e. The van der Waals surface area contributed by atoms with Crippen molar-refractivity contribution in [3.8, 4) is 17.4 Å². The number of ether oxygens (including phenoxy) is 1. The van der Waals surface area contributed by atoms with Crippen molar-refractivity contribution < 1.29 is 4.74 Å². The Morgan fingerprint density at radius 2 is 1.78 bits per heavy atom. The van der Waals surface area contributed by atoms with Crippen LogP contribution < -0.4 is 10.5 Å². The molecule has 0 aliphatic heterocycles. The zero-order valence-corrected chi connectivity index (χ0v) is 13.7. The lowest BCUT2D eigenvalue weighted by molar-refractivity contribution is 0.463. The standard InChI is InChI=1S/C17H19N5O/c1-10-5-6-14(7-11(10)2)23-17-15(18)16(19-9-20-17)22-13(4)8-12(3)21-22/h5-9H,18H2,1-4H3. The van der Waals surface area contributed by atoms with Crippen LogP contribution in [-0.2, 0) is 0 Å². The van der Waals surface area contributed by atoms with Crippen LogP contribution in [0.1, 0.15) is 22.5 Å². The molecular formula is C17H19N5O. The molecule has 0 bridgehead atoms. The Morgan fingerprint density at radius 1 is 1.00 bits per heavy atom. The van der Waals surface area contributed by atoms with E-state index in [4.69, 9.17) is 10.5 Å². The van der Waals surface area contributed by atoms with Crippen molar-refractivity contribution >= 4 is 5.69 Å². The van der Waals surface area contributed by atoms with Crippen LogP contribution >= 0.6 is 0 Å². The van der Waals surface area contributed by atoms with Gasteiger partial charge in [0.15, 0.2) is 5.82 Å². The summed E-state index contributed by atoms with van der Waals surface area (Å²) in [4.78, 5) is 8.39. The summed E-state index contributed by atoms with van der Waals surface area (Å²) < 4.78 is 7.53. The minimum Gasteiger partial charge on any atom is -0.437 e. The van der Waals surface area contributed by atoms with Crippen molar-refractivity contribution in [2.24, 2.45) is 0 Å². The first-order valence-corrected chi connectivity index (χ1v) is 7.35. The minimum absolute atomic E-state index is 0.325. The molecule has 23 heavy (non-hydrogen) atoms. The molecule has 3 rings (SSSR count). The molecule has 3 aromatic rings. The van der Waals surface area contributed by atoms with Gasteiger partial charge in [-0.15, -0.1) is 0 Å². The fourth-order valence-corrected chi connectivity index (χ4v) is 2.35. The van der Waals surface area contributed by atoms with Crippen LogP contribution in [0.15, 0.2) is 30.6 Å². The van der Waals surface area contributed by atoms with Gasteiger partial charge in [-0.25, -0.2) is 9.67 Å². The van der Waals surface area contributed by atoms with Gasteiger partial charge in [-0.1, -0.05) is 6.07 Å².